The summed E-state index contributed by atoms with van der Waals surface area (Å²) in [7, 11) is 0. The van der Waals surface area contributed by atoms with Gasteiger partial charge in [0.2, 0.25) is 0 Å². The second-order valence-corrected chi connectivity index (χ2v) is 7.07. The van der Waals surface area contributed by atoms with Crippen LogP contribution in [0, 0.1) is 6.92 Å². The summed E-state index contributed by atoms with van der Waals surface area (Å²) in [5.41, 5.74) is 4.59. The lowest BCUT2D eigenvalue weighted by Gasteiger charge is -2.36. The lowest BCUT2D eigenvalue weighted by atomic mass is 10.0. The van der Waals surface area contributed by atoms with E-state index in [1.807, 2.05) is 28.9 Å². The normalized spacial score (nSPS) is 17.5. The van der Waals surface area contributed by atoms with E-state index in [1.165, 1.54) is 11.1 Å². The quantitative estimate of drug-likeness (QED) is 0.719. The van der Waals surface area contributed by atoms with Gasteiger partial charge in [0.05, 0.1) is 11.4 Å². The van der Waals surface area contributed by atoms with Crippen molar-refractivity contribution in [3.05, 3.63) is 76.8 Å². The van der Waals surface area contributed by atoms with Crippen LogP contribution in [0.15, 0.2) is 55.0 Å². The number of benzene rings is 1. The van der Waals surface area contributed by atoms with Crippen molar-refractivity contribution < 1.29 is 0 Å². The van der Waals surface area contributed by atoms with Crippen LogP contribution in [0.4, 0.5) is 0 Å². The zero-order valence-electron chi connectivity index (χ0n) is 15.2. The van der Waals surface area contributed by atoms with E-state index in [0.29, 0.717) is 6.04 Å². The molecular formula is C20H23Cl2N5. The molecule has 3 aromatic rings. The highest BCUT2D eigenvalue weighted by Gasteiger charge is 2.25. The van der Waals surface area contributed by atoms with Crippen molar-refractivity contribution in [1.82, 2.24) is 25.0 Å². The molecule has 4 rings (SSSR count). The molecule has 7 heteroatoms. The van der Waals surface area contributed by atoms with Gasteiger partial charge in [-0.2, -0.15) is 5.10 Å². The van der Waals surface area contributed by atoms with E-state index in [1.54, 1.807) is 12.4 Å². The summed E-state index contributed by atoms with van der Waals surface area (Å²) in [5.74, 6) is 0. The molecule has 0 amide bonds. The molecule has 0 bridgehead atoms. The van der Waals surface area contributed by atoms with Crippen LogP contribution in [0.2, 0.25) is 5.02 Å². The Hall–Kier alpha value is -1.92. The molecule has 0 spiro atoms. The molecule has 5 nitrogen and oxygen atoms in total. The fourth-order valence-corrected chi connectivity index (χ4v) is 3.68. The molecule has 2 aromatic heterocycles. The highest BCUT2D eigenvalue weighted by atomic mass is 35.5. The van der Waals surface area contributed by atoms with E-state index in [2.05, 4.69) is 45.6 Å². The van der Waals surface area contributed by atoms with Gasteiger partial charge in [0.15, 0.2) is 0 Å². The summed E-state index contributed by atoms with van der Waals surface area (Å²) in [6.45, 7) is 5.86. The highest BCUT2D eigenvalue weighted by molar-refractivity contribution is 6.30. The minimum Gasteiger partial charge on any atom is -0.314 e. The minimum atomic E-state index is 0. The lowest BCUT2D eigenvalue weighted by molar-refractivity contribution is 0.153. The zero-order chi connectivity index (χ0) is 17.9. The van der Waals surface area contributed by atoms with E-state index in [0.717, 1.165) is 42.6 Å². The topological polar surface area (TPSA) is 46.0 Å². The number of nitrogens with one attached hydrogen (secondary N) is 1. The van der Waals surface area contributed by atoms with E-state index in [9.17, 15) is 0 Å². The standard InChI is InChI=1S/C20H22ClN5.ClH/c1-15-17(14-26(24-15)19-5-7-22-8-6-19)13-25-10-9-23-12-20(25)16-3-2-4-18(21)11-16;/h2-8,11,14,20,23H,9-10,12-13H2,1H3;1H. The van der Waals surface area contributed by atoms with E-state index < -0.39 is 0 Å². The summed E-state index contributed by atoms with van der Waals surface area (Å²) in [6, 6.07) is 12.4. The average Bonchev–Trinajstić information content (AvgIpc) is 3.03. The molecule has 1 saturated heterocycles. The van der Waals surface area contributed by atoms with Crippen LogP contribution >= 0.6 is 24.0 Å². The second-order valence-electron chi connectivity index (χ2n) is 6.64. The maximum atomic E-state index is 6.21. The number of piperazine rings is 1. The van der Waals surface area contributed by atoms with Crippen LogP contribution in [-0.2, 0) is 6.54 Å². The molecule has 0 aliphatic carbocycles. The fraction of sp³-hybridized carbons (Fsp3) is 0.300. The fourth-order valence-electron chi connectivity index (χ4n) is 3.48. The number of hydrogen-bond acceptors (Lipinski definition) is 4. The lowest BCUT2D eigenvalue weighted by Crippen LogP contribution is -2.45. The van der Waals surface area contributed by atoms with Gasteiger partial charge in [0.25, 0.3) is 0 Å². The molecule has 1 aliphatic heterocycles. The number of aryl methyl sites for hydroxylation is 1. The van der Waals surface area contributed by atoms with Crippen molar-refractivity contribution in [2.24, 2.45) is 0 Å². The van der Waals surface area contributed by atoms with E-state index in [4.69, 9.17) is 11.6 Å². The maximum Gasteiger partial charge on any atom is 0.0676 e. The Morgan fingerprint density at radius 1 is 1.22 bits per heavy atom. The Labute approximate surface area is 170 Å². The third-order valence-corrected chi connectivity index (χ3v) is 5.12. The summed E-state index contributed by atoms with van der Waals surface area (Å²) in [5, 5.41) is 8.97. The second kappa shape index (κ2) is 8.85. The number of hydrogen-bond donors (Lipinski definition) is 1. The van der Waals surface area contributed by atoms with Crippen molar-refractivity contribution in [2.75, 3.05) is 19.6 Å². The third kappa shape index (κ3) is 4.50. The first kappa shape index (κ1) is 19.8. The molecular weight excluding hydrogens is 381 g/mol. The molecule has 1 aliphatic rings. The van der Waals surface area contributed by atoms with Crippen LogP contribution in [0.1, 0.15) is 22.9 Å². The van der Waals surface area contributed by atoms with E-state index >= 15 is 0 Å². The Morgan fingerprint density at radius 3 is 2.81 bits per heavy atom. The third-order valence-electron chi connectivity index (χ3n) is 4.89. The van der Waals surface area contributed by atoms with Gasteiger partial charge >= 0.3 is 0 Å². The van der Waals surface area contributed by atoms with Gasteiger partial charge in [0.1, 0.15) is 0 Å². The highest BCUT2D eigenvalue weighted by Crippen LogP contribution is 2.27. The molecule has 27 heavy (non-hydrogen) atoms. The average molecular weight is 404 g/mol. The van der Waals surface area contributed by atoms with Crippen molar-refractivity contribution in [3.8, 4) is 5.69 Å². The molecule has 0 radical (unpaired) electrons. The number of nitrogens with zero attached hydrogens (tertiary/aromatic N) is 4. The Kier molecular flexibility index (Phi) is 6.50. The molecule has 0 saturated carbocycles. The summed E-state index contributed by atoms with van der Waals surface area (Å²) >= 11 is 6.21. The van der Waals surface area contributed by atoms with Gasteiger partial charge in [-0.25, -0.2) is 4.68 Å². The van der Waals surface area contributed by atoms with Crippen molar-refractivity contribution in [1.29, 1.82) is 0 Å². The monoisotopic (exact) mass is 403 g/mol. The Morgan fingerprint density at radius 2 is 2.04 bits per heavy atom. The van der Waals surface area contributed by atoms with Gasteiger partial charge in [-0.05, 0) is 36.8 Å². The first-order chi connectivity index (χ1) is 12.7. The van der Waals surface area contributed by atoms with Gasteiger partial charge in [-0.15, -0.1) is 12.4 Å². The first-order valence-corrected chi connectivity index (χ1v) is 9.24. The number of pyridine rings is 1. The predicted octanol–water partition coefficient (Wildman–Crippen LogP) is 3.80. The molecule has 1 atom stereocenters. The SMILES string of the molecule is Cc1nn(-c2ccncc2)cc1CN1CCNCC1c1cccc(Cl)c1.Cl. The summed E-state index contributed by atoms with van der Waals surface area (Å²) in [6.07, 6.45) is 5.71. The predicted molar refractivity (Wildman–Crippen MR) is 111 cm³/mol. The zero-order valence-corrected chi connectivity index (χ0v) is 16.7. The molecule has 1 fully saturated rings. The summed E-state index contributed by atoms with van der Waals surface area (Å²) in [4.78, 5) is 6.58. The van der Waals surface area contributed by atoms with Crippen LogP contribution in [0.3, 0.4) is 0 Å². The van der Waals surface area contributed by atoms with Gasteiger partial charge in [-0.1, -0.05) is 23.7 Å². The largest absolute Gasteiger partial charge is 0.314 e. The number of halogens is 2. The number of aromatic nitrogens is 3. The van der Waals surface area contributed by atoms with Gasteiger partial charge < -0.3 is 5.32 Å². The van der Waals surface area contributed by atoms with Crippen LogP contribution in [0.25, 0.3) is 5.69 Å². The number of rotatable bonds is 4. The molecule has 1 N–H and O–H groups in total. The first-order valence-electron chi connectivity index (χ1n) is 8.86. The smallest absolute Gasteiger partial charge is 0.0676 e. The van der Waals surface area contributed by atoms with Crippen LogP contribution in [-0.4, -0.2) is 39.3 Å². The Balaban J connectivity index is 0.00000210. The van der Waals surface area contributed by atoms with Crippen LogP contribution < -0.4 is 5.32 Å². The molecule has 3 heterocycles. The Bertz CT molecular complexity index is 881. The minimum absolute atomic E-state index is 0. The van der Waals surface area contributed by atoms with Crippen LogP contribution in [0.5, 0.6) is 0 Å². The molecule has 142 valence electrons. The summed E-state index contributed by atoms with van der Waals surface area (Å²) < 4.78 is 1.93. The maximum absolute atomic E-state index is 6.21. The molecule has 1 aromatic carbocycles. The van der Waals surface area contributed by atoms with Crippen molar-refractivity contribution >= 4 is 24.0 Å². The van der Waals surface area contributed by atoms with Gasteiger partial charge in [-0.3, -0.25) is 9.88 Å². The van der Waals surface area contributed by atoms with Crippen molar-refractivity contribution in [3.63, 3.8) is 0 Å². The van der Waals surface area contributed by atoms with Crippen molar-refractivity contribution in [2.45, 2.75) is 19.5 Å². The molecule has 1 unspecified atom stereocenters. The van der Waals surface area contributed by atoms with Gasteiger partial charge in [0, 0.05) is 61.4 Å². The van der Waals surface area contributed by atoms with E-state index in [-0.39, 0.29) is 12.4 Å².